The lowest BCUT2D eigenvalue weighted by molar-refractivity contribution is 0.0182. The summed E-state index contributed by atoms with van der Waals surface area (Å²) in [6.07, 6.45) is 27.7. The largest absolute Gasteiger partial charge is 0.326 e. The summed E-state index contributed by atoms with van der Waals surface area (Å²) in [6, 6.07) is 0. The first-order valence-electron chi connectivity index (χ1n) is 23.5. The molecule has 7 aliphatic rings. The molecule has 7 rings (SSSR count). The minimum Gasteiger partial charge on any atom is -0.326 e. The van der Waals surface area contributed by atoms with Gasteiger partial charge >= 0.3 is 0 Å². The van der Waals surface area contributed by atoms with Crippen LogP contribution in [-0.2, 0) is 0 Å². The second-order valence-corrected chi connectivity index (χ2v) is 23.9. The predicted molar refractivity (Wildman–Crippen MR) is 220 cm³/mol. The van der Waals surface area contributed by atoms with Crippen LogP contribution in [0.25, 0.3) is 0 Å². The van der Waals surface area contributed by atoms with Gasteiger partial charge in [0.1, 0.15) is 0 Å². The third-order valence-electron chi connectivity index (χ3n) is 18.4. The van der Waals surface area contributed by atoms with Gasteiger partial charge in [-0.3, -0.25) is 0 Å². The number of hydrogen-bond donors (Lipinski definition) is 1. The molecule has 7 saturated carbocycles. The highest BCUT2D eigenvalue weighted by atomic mass is 14.7. The first kappa shape index (κ1) is 39.0. The third-order valence-corrected chi connectivity index (χ3v) is 18.4. The van der Waals surface area contributed by atoms with E-state index in [-0.39, 0.29) is 16.4 Å². The molecule has 1 nitrogen and oxygen atoms in total. The Morgan fingerprint density at radius 2 is 1.25 bits per heavy atom. The Labute approximate surface area is 318 Å². The number of nitrogens with two attached hydrogens (primary N) is 1. The highest BCUT2D eigenvalue weighted by Crippen LogP contribution is 2.65. The standard InChI is InChI=1S/C50H87N/c1-12-34-27-43(34)31(3)37-24-39(25-37)38(26-40-29-45(40)32(4)44-28-35(44)13-2)21-33-22-41(23-33)46(36-15-14-16-36)50(47(5,6)7,30-49(10,11)51)20-19-48(8,9)42-17-18-42/h31-35,37-45H,12-30,51H2,1-11H3. The van der Waals surface area contributed by atoms with Crippen molar-refractivity contribution in [3.05, 3.63) is 11.1 Å². The molecule has 10 atom stereocenters. The molecule has 0 bridgehead atoms. The maximum absolute atomic E-state index is 7.11. The lowest BCUT2D eigenvalue weighted by Crippen LogP contribution is -2.50. The molecule has 0 aromatic carbocycles. The average Bonchev–Trinajstić information content (AvgIpc) is 3.81. The van der Waals surface area contributed by atoms with Crippen LogP contribution in [0.15, 0.2) is 11.1 Å². The SMILES string of the molecule is CCC1CC1C(C)C1CC(C(CC2CC(C(=C3CCC3)C(CCC(C)(C)C3CC3)(CC(C)(C)N)C(C)(C)C)C2)CC2CC2C(C)C2CC2CC)C1. The van der Waals surface area contributed by atoms with Gasteiger partial charge in [0.25, 0.3) is 0 Å². The van der Waals surface area contributed by atoms with E-state index in [1.54, 1.807) is 44.9 Å². The Hall–Kier alpha value is -0.300. The van der Waals surface area contributed by atoms with Crippen LogP contribution < -0.4 is 5.73 Å². The maximum Gasteiger partial charge on any atom is 0.0106 e. The van der Waals surface area contributed by atoms with Crippen LogP contribution in [-0.4, -0.2) is 5.54 Å². The van der Waals surface area contributed by atoms with E-state index in [0.29, 0.717) is 5.41 Å². The fourth-order valence-corrected chi connectivity index (χ4v) is 14.0. The predicted octanol–water partition coefficient (Wildman–Crippen LogP) is 14.3. The maximum atomic E-state index is 7.11. The van der Waals surface area contributed by atoms with Crippen molar-refractivity contribution in [2.45, 2.75) is 204 Å². The molecule has 1 heteroatoms. The minimum atomic E-state index is -0.147. The lowest BCUT2D eigenvalue weighted by Gasteiger charge is -2.57. The summed E-state index contributed by atoms with van der Waals surface area (Å²) in [7, 11) is 0. The summed E-state index contributed by atoms with van der Waals surface area (Å²) < 4.78 is 0. The van der Waals surface area contributed by atoms with Crippen molar-refractivity contribution in [1.82, 2.24) is 0 Å². The van der Waals surface area contributed by atoms with Crippen LogP contribution in [0, 0.1) is 99.1 Å². The van der Waals surface area contributed by atoms with Gasteiger partial charge in [0.2, 0.25) is 0 Å². The molecular weight excluding hydrogens is 615 g/mol. The number of rotatable bonds is 19. The first-order valence-corrected chi connectivity index (χ1v) is 23.5. The molecule has 7 aliphatic carbocycles. The van der Waals surface area contributed by atoms with Gasteiger partial charge < -0.3 is 5.73 Å². The van der Waals surface area contributed by atoms with Crippen LogP contribution in [0.5, 0.6) is 0 Å². The molecule has 0 radical (unpaired) electrons. The van der Waals surface area contributed by atoms with Gasteiger partial charge in [-0.05, 0) is 222 Å². The van der Waals surface area contributed by atoms with Crippen LogP contribution in [0.2, 0.25) is 0 Å². The van der Waals surface area contributed by atoms with Gasteiger partial charge in [-0.25, -0.2) is 0 Å². The van der Waals surface area contributed by atoms with Crippen molar-refractivity contribution in [2.75, 3.05) is 0 Å². The van der Waals surface area contributed by atoms with E-state index >= 15 is 0 Å². The molecule has 10 unspecified atom stereocenters. The molecular formula is C50H87N. The molecule has 0 saturated heterocycles. The zero-order valence-corrected chi connectivity index (χ0v) is 36.1. The van der Waals surface area contributed by atoms with E-state index in [4.69, 9.17) is 5.73 Å². The van der Waals surface area contributed by atoms with E-state index in [0.717, 1.165) is 89.3 Å². The monoisotopic (exact) mass is 702 g/mol. The summed E-state index contributed by atoms with van der Waals surface area (Å²) in [6.45, 7) is 27.8. The van der Waals surface area contributed by atoms with Crippen molar-refractivity contribution in [2.24, 2.45) is 105 Å². The van der Waals surface area contributed by atoms with Crippen LogP contribution in [0.3, 0.4) is 0 Å². The third kappa shape index (κ3) is 8.30. The smallest absolute Gasteiger partial charge is 0.0106 e. The van der Waals surface area contributed by atoms with Gasteiger partial charge in [0.05, 0.1) is 0 Å². The zero-order valence-electron chi connectivity index (χ0n) is 36.1. The topological polar surface area (TPSA) is 26.0 Å². The van der Waals surface area contributed by atoms with Crippen molar-refractivity contribution < 1.29 is 0 Å². The van der Waals surface area contributed by atoms with Crippen molar-refractivity contribution in [3.63, 3.8) is 0 Å². The summed E-state index contributed by atoms with van der Waals surface area (Å²) >= 11 is 0. The molecule has 0 spiro atoms. The minimum absolute atomic E-state index is 0.147. The van der Waals surface area contributed by atoms with Gasteiger partial charge in [-0.2, -0.15) is 0 Å². The number of allylic oxidation sites excluding steroid dienone is 2. The summed E-state index contributed by atoms with van der Waals surface area (Å²) in [5, 5.41) is 0. The Morgan fingerprint density at radius 3 is 1.75 bits per heavy atom. The molecule has 2 N–H and O–H groups in total. The summed E-state index contributed by atoms with van der Waals surface area (Å²) in [5.74, 6) is 14.2. The van der Waals surface area contributed by atoms with E-state index in [1.807, 2.05) is 11.1 Å². The van der Waals surface area contributed by atoms with Gasteiger partial charge in [0, 0.05) is 5.54 Å². The quantitative estimate of drug-likeness (QED) is 0.133. The van der Waals surface area contributed by atoms with Gasteiger partial charge in [0.15, 0.2) is 0 Å². The van der Waals surface area contributed by atoms with Crippen molar-refractivity contribution >= 4 is 0 Å². The highest BCUT2D eigenvalue weighted by Gasteiger charge is 2.55. The fraction of sp³-hybridized carbons (Fsp3) is 0.960. The van der Waals surface area contributed by atoms with Gasteiger partial charge in [-0.15, -0.1) is 0 Å². The second kappa shape index (κ2) is 14.3. The zero-order chi connectivity index (χ0) is 36.7. The van der Waals surface area contributed by atoms with Crippen LogP contribution in [0.1, 0.15) is 198 Å². The van der Waals surface area contributed by atoms with Crippen LogP contribution >= 0.6 is 0 Å². The highest BCUT2D eigenvalue weighted by molar-refractivity contribution is 5.33. The second-order valence-electron chi connectivity index (χ2n) is 23.9. The normalized spacial score (nSPS) is 39.2. The van der Waals surface area contributed by atoms with Crippen molar-refractivity contribution in [1.29, 1.82) is 0 Å². The van der Waals surface area contributed by atoms with E-state index < -0.39 is 0 Å². The van der Waals surface area contributed by atoms with E-state index in [2.05, 4.69) is 76.2 Å². The fourth-order valence-electron chi connectivity index (χ4n) is 14.0. The molecule has 0 heterocycles. The summed E-state index contributed by atoms with van der Waals surface area (Å²) in [4.78, 5) is 0. The average molecular weight is 702 g/mol. The van der Waals surface area contributed by atoms with Gasteiger partial charge in [-0.1, -0.05) is 86.3 Å². The van der Waals surface area contributed by atoms with E-state index in [1.165, 1.54) is 70.6 Å². The molecule has 7 fully saturated rings. The molecule has 0 aliphatic heterocycles. The molecule has 292 valence electrons. The number of hydrogen-bond acceptors (Lipinski definition) is 1. The van der Waals surface area contributed by atoms with Crippen molar-refractivity contribution in [3.8, 4) is 0 Å². The van der Waals surface area contributed by atoms with Crippen LogP contribution in [0.4, 0.5) is 0 Å². The Balaban J connectivity index is 1.05. The Bertz CT molecular complexity index is 1220. The Kier molecular flexibility index (Phi) is 10.9. The Morgan fingerprint density at radius 1 is 0.686 bits per heavy atom. The van der Waals surface area contributed by atoms with E-state index in [9.17, 15) is 0 Å². The molecule has 0 aromatic heterocycles. The molecule has 51 heavy (non-hydrogen) atoms. The molecule has 0 aromatic rings. The molecule has 0 amide bonds. The lowest BCUT2D eigenvalue weighted by atomic mass is 9.48. The summed E-state index contributed by atoms with van der Waals surface area (Å²) in [5.41, 5.74) is 11.7. The first-order chi connectivity index (χ1) is 23.9.